The standard InChI is InChI=1S/C22H26N6O/c1-21(2)11-15(12-22(3,4)27-21)9-16-13-24-20(26-25-16)18-6-5-17(10-19(18)29)28-8-7-23-14-28/h5-10,13-14,27,29H,11-12H2,1-4H3. The van der Waals surface area contributed by atoms with Gasteiger partial charge in [-0.05, 0) is 58.7 Å². The van der Waals surface area contributed by atoms with E-state index < -0.39 is 0 Å². The first kappa shape index (κ1) is 19.3. The summed E-state index contributed by atoms with van der Waals surface area (Å²) in [5.41, 5.74) is 3.50. The van der Waals surface area contributed by atoms with Crippen molar-refractivity contribution >= 4 is 6.08 Å². The van der Waals surface area contributed by atoms with E-state index in [0.29, 0.717) is 11.4 Å². The highest BCUT2D eigenvalue weighted by Gasteiger charge is 2.34. The summed E-state index contributed by atoms with van der Waals surface area (Å²) in [6.07, 6.45) is 10.9. The molecule has 0 amide bonds. The Labute approximate surface area is 170 Å². The minimum Gasteiger partial charge on any atom is -0.507 e. The van der Waals surface area contributed by atoms with E-state index in [1.54, 1.807) is 30.9 Å². The smallest absolute Gasteiger partial charge is 0.185 e. The van der Waals surface area contributed by atoms with Gasteiger partial charge in [0.15, 0.2) is 5.82 Å². The highest BCUT2D eigenvalue weighted by Crippen LogP contribution is 2.33. The number of aromatic nitrogens is 5. The second-order valence-electron chi connectivity index (χ2n) is 8.93. The number of aromatic hydroxyl groups is 1. The summed E-state index contributed by atoms with van der Waals surface area (Å²) in [5, 5.41) is 22.7. The maximum atomic E-state index is 10.4. The summed E-state index contributed by atoms with van der Waals surface area (Å²) in [4.78, 5) is 8.45. The van der Waals surface area contributed by atoms with Crippen molar-refractivity contribution in [3.05, 3.63) is 54.4 Å². The molecule has 1 fully saturated rings. The minimum absolute atomic E-state index is 0.0388. The predicted octanol–water partition coefficient (Wildman–Crippen LogP) is 3.75. The molecule has 7 heteroatoms. The van der Waals surface area contributed by atoms with Gasteiger partial charge in [0.1, 0.15) is 11.4 Å². The van der Waals surface area contributed by atoms with Gasteiger partial charge in [0.25, 0.3) is 0 Å². The maximum Gasteiger partial charge on any atom is 0.185 e. The number of piperidine rings is 1. The summed E-state index contributed by atoms with van der Waals surface area (Å²) in [7, 11) is 0. The first-order chi connectivity index (χ1) is 13.7. The van der Waals surface area contributed by atoms with Gasteiger partial charge in [-0.15, -0.1) is 10.2 Å². The average Bonchev–Trinajstić information content (AvgIpc) is 3.14. The molecule has 1 aliphatic heterocycles. The number of rotatable bonds is 3. The number of phenols is 1. The minimum atomic E-state index is 0.0388. The van der Waals surface area contributed by atoms with E-state index in [1.165, 1.54) is 5.57 Å². The zero-order valence-electron chi connectivity index (χ0n) is 17.2. The molecule has 150 valence electrons. The molecular weight excluding hydrogens is 364 g/mol. The number of phenolic OH excluding ortho intramolecular Hbond substituents is 1. The van der Waals surface area contributed by atoms with Crippen LogP contribution in [0.2, 0.25) is 0 Å². The summed E-state index contributed by atoms with van der Waals surface area (Å²) in [5.74, 6) is 0.499. The molecule has 0 atom stereocenters. The molecule has 2 N–H and O–H groups in total. The molecule has 1 aliphatic rings. The summed E-state index contributed by atoms with van der Waals surface area (Å²) in [6, 6.07) is 5.34. The lowest BCUT2D eigenvalue weighted by molar-refractivity contribution is 0.224. The van der Waals surface area contributed by atoms with Crippen molar-refractivity contribution in [2.24, 2.45) is 0 Å². The Morgan fingerprint density at radius 2 is 1.86 bits per heavy atom. The van der Waals surface area contributed by atoms with Gasteiger partial charge >= 0.3 is 0 Å². The molecule has 2 aromatic heterocycles. The second kappa shape index (κ2) is 7.08. The van der Waals surface area contributed by atoms with E-state index in [0.717, 1.165) is 24.2 Å². The summed E-state index contributed by atoms with van der Waals surface area (Å²) >= 11 is 0. The lowest BCUT2D eigenvalue weighted by Crippen LogP contribution is -2.55. The number of imidazole rings is 1. The first-order valence-electron chi connectivity index (χ1n) is 9.71. The van der Waals surface area contributed by atoms with Crippen molar-refractivity contribution in [3.8, 4) is 22.8 Å². The fraction of sp³-hybridized carbons (Fsp3) is 0.364. The van der Waals surface area contributed by atoms with Gasteiger partial charge in [-0.1, -0.05) is 5.57 Å². The molecule has 3 aromatic rings. The van der Waals surface area contributed by atoms with E-state index >= 15 is 0 Å². The van der Waals surface area contributed by atoms with Crippen LogP contribution in [0.3, 0.4) is 0 Å². The van der Waals surface area contributed by atoms with Crippen molar-refractivity contribution in [1.29, 1.82) is 0 Å². The van der Waals surface area contributed by atoms with Crippen LogP contribution in [0, 0.1) is 0 Å². The van der Waals surface area contributed by atoms with Gasteiger partial charge < -0.3 is 15.0 Å². The highest BCUT2D eigenvalue weighted by molar-refractivity contribution is 5.66. The van der Waals surface area contributed by atoms with Gasteiger partial charge in [-0.2, -0.15) is 0 Å². The normalized spacial score (nSPS) is 17.9. The molecule has 29 heavy (non-hydrogen) atoms. The van der Waals surface area contributed by atoms with Gasteiger partial charge in [0.05, 0.1) is 23.8 Å². The topological polar surface area (TPSA) is 88.8 Å². The summed E-state index contributed by atoms with van der Waals surface area (Å²) < 4.78 is 1.82. The summed E-state index contributed by atoms with van der Waals surface area (Å²) in [6.45, 7) is 8.85. The monoisotopic (exact) mass is 390 g/mol. The van der Waals surface area contributed by atoms with E-state index in [-0.39, 0.29) is 16.8 Å². The average molecular weight is 390 g/mol. The number of hydrogen-bond acceptors (Lipinski definition) is 6. The molecule has 0 bridgehead atoms. The molecule has 7 nitrogen and oxygen atoms in total. The van der Waals surface area contributed by atoms with Gasteiger partial charge in [0, 0.05) is 29.5 Å². The van der Waals surface area contributed by atoms with Crippen LogP contribution in [-0.4, -0.2) is 40.9 Å². The van der Waals surface area contributed by atoms with Crippen molar-refractivity contribution < 1.29 is 5.11 Å². The van der Waals surface area contributed by atoms with Crippen molar-refractivity contribution in [2.75, 3.05) is 0 Å². The van der Waals surface area contributed by atoms with Crippen LogP contribution in [-0.2, 0) is 0 Å². The van der Waals surface area contributed by atoms with Crippen LogP contribution < -0.4 is 5.32 Å². The molecule has 0 saturated carbocycles. The molecule has 0 aliphatic carbocycles. The van der Waals surface area contributed by atoms with Crippen LogP contribution in [0.25, 0.3) is 23.2 Å². The third-order valence-corrected chi connectivity index (χ3v) is 4.97. The molecule has 0 spiro atoms. The lowest BCUT2D eigenvalue weighted by Gasteiger charge is -2.44. The number of nitrogens with zero attached hydrogens (tertiary/aromatic N) is 5. The molecule has 4 rings (SSSR count). The third kappa shape index (κ3) is 4.35. The van der Waals surface area contributed by atoms with Gasteiger partial charge in [-0.25, -0.2) is 9.97 Å². The predicted molar refractivity (Wildman–Crippen MR) is 113 cm³/mol. The van der Waals surface area contributed by atoms with E-state index in [9.17, 15) is 5.11 Å². The van der Waals surface area contributed by atoms with Crippen LogP contribution >= 0.6 is 0 Å². The third-order valence-electron chi connectivity index (χ3n) is 4.97. The van der Waals surface area contributed by atoms with Crippen molar-refractivity contribution in [3.63, 3.8) is 0 Å². The largest absolute Gasteiger partial charge is 0.507 e. The van der Waals surface area contributed by atoms with E-state index in [2.05, 4.69) is 59.3 Å². The Morgan fingerprint density at radius 3 is 2.45 bits per heavy atom. The Hall–Kier alpha value is -3.06. The Balaban J connectivity index is 1.57. The lowest BCUT2D eigenvalue weighted by atomic mass is 9.79. The molecule has 3 heterocycles. The van der Waals surface area contributed by atoms with Crippen molar-refractivity contribution in [2.45, 2.75) is 51.6 Å². The molecule has 1 saturated heterocycles. The fourth-order valence-electron chi connectivity index (χ4n) is 4.27. The van der Waals surface area contributed by atoms with Crippen LogP contribution in [0.5, 0.6) is 5.75 Å². The first-order valence-corrected chi connectivity index (χ1v) is 9.71. The van der Waals surface area contributed by atoms with Crippen LogP contribution in [0.15, 0.2) is 48.7 Å². The SMILES string of the molecule is CC1(C)CC(=Cc2cnc(-c3ccc(-n4ccnc4)cc3O)nn2)CC(C)(C)N1. The quantitative estimate of drug-likeness (QED) is 0.708. The molecule has 1 aromatic carbocycles. The van der Waals surface area contributed by atoms with E-state index in [4.69, 9.17) is 0 Å². The molecule has 0 radical (unpaired) electrons. The van der Waals surface area contributed by atoms with Crippen molar-refractivity contribution in [1.82, 2.24) is 30.0 Å². The van der Waals surface area contributed by atoms with Gasteiger partial charge in [0.2, 0.25) is 0 Å². The second-order valence-corrected chi connectivity index (χ2v) is 8.93. The Bertz CT molecular complexity index is 1020. The van der Waals surface area contributed by atoms with Crippen LogP contribution in [0.4, 0.5) is 0 Å². The van der Waals surface area contributed by atoms with E-state index in [1.807, 2.05) is 16.8 Å². The molecule has 0 unspecified atom stereocenters. The van der Waals surface area contributed by atoms with Gasteiger partial charge in [-0.3, -0.25) is 0 Å². The highest BCUT2D eigenvalue weighted by atomic mass is 16.3. The molecular formula is C22H26N6O. The number of hydrogen-bond donors (Lipinski definition) is 2. The zero-order chi connectivity index (χ0) is 20.6. The Morgan fingerprint density at radius 1 is 1.10 bits per heavy atom. The number of benzene rings is 1. The number of nitrogens with one attached hydrogen (secondary N) is 1. The zero-order valence-corrected chi connectivity index (χ0v) is 17.2. The maximum absolute atomic E-state index is 10.4. The Kier molecular flexibility index (Phi) is 4.70. The fourth-order valence-corrected chi connectivity index (χ4v) is 4.27. The van der Waals surface area contributed by atoms with Crippen LogP contribution in [0.1, 0.15) is 46.2 Å².